The van der Waals surface area contributed by atoms with Crippen molar-refractivity contribution in [1.82, 2.24) is 4.57 Å². The minimum absolute atomic E-state index is 0.237. The van der Waals surface area contributed by atoms with E-state index in [0.29, 0.717) is 39.4 Å². The van der Waals surface area contributed by atoms with Crippen molar-refractivity contribution in [1.29, 1.82) is 0 Å². The quantitative estimate of drug-likeness (QED) is 0.532. The van der Waals surface area contributed by atoms with Gasteiger partial charge in [0.2, 0.25) is 0 Å². The highest BCUT2D eigenvalue weighted by Crippen LogP contribution is 2.31. The average molecular weight is 400 g/mol. The summed E-state index contributed by atoms with van der Waals surface area (Å²) >= 11 is 0. The number of para-hydroxylation sites is 3. The van der Waals surface area contributed by atoms with Crippen molar-refractivity contribution in [2.75, 3.05) is 12.4 Å². The summed E-state index contributed by atoms with van der Waals surface area (Å²) in [7, 11) is 3.27. The van der Waals surface area contributed by atoms with E-state index in [-0.39, 0.29) is 11.5 Å². The number of benzene rings is 3. The van der Waals surface area contributed by atoms with E-state index in [1.54, 1.807) is 38.4 Å². The van der Waals surface area contributed by atoms with Crippen molar-refractivity contribution in [3.05, 3.63) is 94.8 Å². The molecule has 0 saturated heterocycles. The van der Waals surface area contributed by atoms with Gasteiger partial charge in [-0.1, -0.05) is 30.3 Å². The van der Waals surface area contributed by atoms with Crippen LogP contribution in [0.5, 0.6) is 17.2 Å². The molecular weight excluding hydrogens is 380 g/mol. The number of anilines is 1. The maximum absolute atomic E-state index is 12.8. The van der Waals surface area contributed by atoms with Crippen LogP contribution in [-0.2, 0) is 7.05 Å². The highest BCUT2D eigenvalue weighted by atomic mass is 16.5. The van der Waals surface area contributed by atoms with Crippen molar-refractivity contribution in [3.8, 4) is 17.2 Å². The van der Waals surface area contributed by atoms with E-state index in [4.69, 9.17) is 9.47 Å². The van der Waals surface area contributed by atoms with E-state index in [0.717, 1.165) is 0 Å². The van der Waals surface area contributed by atoms with Gasteiger partial charge in [0.05, 0.1) is 18.2 Å². The monoisotopic (exact) mass is 400 g/mol. The number of aromatic nitrogens is 1. The first-order chi connectivity index (χ1) is 14.6. The number of pyridine rings is 1. The summed E-state index contributed by atoms with van der Waals surface area (Å²) in [6.45, 7) is 0. The first-order valence-corrected chi connectivity index (χ1v) is 9.38. The number of hydrogen-bond acceptors (Lipinski definition) is 4. The standard InChI is InChI=1S/C24H20N2O4/c1-26-20-8-4-3-7-18(20)19(15-23(26)27)24(28)25-16-11-13-17(14-12-16)30-22-10-6-5-9-21(22)29-2/h3-15H,1-2H3,(H,25,28). The Kier molecular flexibility index (Phi) is 5.22. The number of rotatable bonds is 5. The van der Waals surface area contributed by atoms with Gasteiger partial charge in [-0.25, -0.2) is 0 Å². The molecule has 1 amide bonds. The van der Waals surface area contributed by atoms with Crippen LogP contribution in [0.15, 0.2) is 83.7 Å². The Morgan fingerprint density at radius 2 is 1.57 bits per heavy atom. The Bertz CT molecular complexity index is 1280. The number of methoxy groups -OCH3 is 1. The van der Waals surface area contributed by atoms with Crippen LogP contribution in [0.2, 0.25) is 0 Å². The number of aryl methyl sites for hydroxylation is 1. The molecule has 4 rings (SSSR count). The smallest absolute Gasteiger partial charge is 0.256 e. The fourth-order valence-electron chi connectivity index (χ4n) is 3.23. The predicted octanol–water partition coefficient (Wildman–Crippen LogP) is 4.59. The second kappa shape index (κ2) is 8.13. The molecule has 0 aliphatic rings. The van der Waals surface area contributed by atoms with Crippen LogP contribution in [0, 0.1) is 0 Å². The van der Waals surface area contributed by atoms with Crippen LogP contribution in [0.3, 0.4) is 0 Å². The topological polar surface area (TPSA) is 69.6 Å². The van der Waals surface area contributed by atoms with Gasteiger partial charge in [-0.15, -0.1) is 0 Å². The molecule has 6 nitrogen and oxygen atoms in total. The lowest BCUT2D eigenvalue weighted by Crippen LogP contribution is -2.21. The highest BCUT2D eigenvalue weighted by Gasteiger charge is 2.14. The van der Waals surface area contributed by atoms with Gasteiger partial charge >= 0.3 is 0 Å². The Hall–Kier alpha value is -4.06. The molecule has 1 N–H and O–H groups in total. The number of carbonyl (C=O) groups is 1. The number of fused-ring (bicyclic) bond motifs is 1. The Morgan fingerprint density at radius 1 is 0.900 bits per heavy atom. The first kappa shape index (κ1) is 19.3. The van der Waals surface area contributed by atoms with Crippen molar-refractivity contribution in [2.45, 2.75) is 0 Å². The third-order valence-corrected chi connectivity index (χ3v) is 4.81. The zero-order valence-corrected chi connectivity index (χ0v) is 16.6. The third-order valence-electron chi connectivity index (χ3n) is 4.81. The molecule has 0 unspecified atom stereocenters. The van der Waals surface area contributed by atoms with Gasteiger partial charge in [0, 0.05) is 24.2 Å². The van der Waals surface area contributed by atoms with Crippen LogP contribution in [-0.4, -0.2) is 17.6 Å². The lowest BCUT2D eigenvalue weighted by Gasteiger charge is -2.12. The van der Waals surface area contributed by atoms with E-state index in [2.05, 4.69) is 5.32 Å². The van der Waals surface area contributed by atoms with E-state index >= 15 is 0 Å². The fraction of sp³-hybridized carbons (Fsp3) is 0.0833. The summed E-state index contributed by atoms with van der Waals surface area (Å²) in [5.74, 6) is 1.50. The van der Waals surface area contributed by atoms with E-state index in [1.807, 2.05) is 48.5 Å². The molecule has 6 heteroatoms. The fourth-order valence-corrected chi connectivity index (χ4v) is 3.23. The summed E-state index contributed by atoms with van der Waals surface area (Å²) in [6.07, 6.45) is 0. The van der Waals surface area contributed by atoms with Crippen LogP contribution in [0.1, 0.15) is 10.4 Å². The Morgan fingerprint density at radius 3 is 2.30 bits per heavy atom. The normalized spacial score (nSPS) is 10.6. The van der Waals surface area contributed by atoms with Gasteiger partial charge in [0.15, 0.2) is 11.5 Å². The van der Waals surface area contributed by atoms with Gasteiger partial charge < -0.3 is 19.4 Å². The van der Waals surface area contributed by atoms with Crippen molar-refractivity contribution in [3.63, 3.8) is 0 Å². The van der Waals surface area contributed by atoms with Gasteiger partial charge in [-0.05, 0) is 42.5 Å². The first-order valence-electron chi connectivity index (χ1n) is 9.38. The molecule has 0 fully saturated rings. The molecule has 0 radical (unpaired) electrons. The average Bonchev–Trinajstić information content (AvgIpc) is 2.78. The number of ether oxygens (including phenoxy) is 2. The second-order valence-electron chi connectivity index (χ2n) is 6.70. The minimum atomic E-state index is -0.345. The molecular formula is C24H20N2O4. The van der Waals surface area contributed by atoms with Gasteiger partial charge in [-0.2, -0.15) is 0 Å². The van der Waals surface area contributed by atoms with Crippen LogP contribution >= 0.6 is 0 Å². The van der Waals surface area contributed by atoms with Crippen molar-refractivity contribution < 1.29 is 14.3 Å². The van der Waals surface area contributed by atoms with Crippen molar-refractivity contribution in [2.24, 2.45) is 7.05 Å². The summed E-state index contributed by atoms with van der Waals surface area (Å²) in [4.78, 5) is 25.1. The number of nitrogens with one attached hydrogen (secondary N) is 1. The molecule has 0 saturated carbocycles. The van der Waals surface area contributed by atoms with Gasteiger partial charge in [0.1, 0.15) is 5.75 Å². The summed E-state index contributed by atoms with van der Waals surface area (Å²) < 4.78 is 12.7. The van der Waals surface area contributed by atoms with E-state index < -0.39 is 0 Å². The summed E-state index contributed by atoms with van der Waals surface area (Å²) in [5.41, 5.74) is 1.40. The second-order valence-corrected chi connectivity index (χ2v) is 6.70. The molecule has 30 heavy (non-hydrogen) atoms. The predicted molar refractivity (Wildman–Crippen MR) is 117 cm³/mol. The largest absolute Gasteiger partial charge is 0.493 e. The van der Waals surface area contributed by atoms with Crippen molar-refractivity contribution >= 4 is 22.5 Å². The summed E-state index contributed by atoms with van der Waals surface area (Å²) in [6, 6.07) is 23.0. The Labute approximate surface area is 173 Å². The molecule has 1 aromatic heterocycles. The number of hydrogen-bond donors (Lipinski definition) is 1. The zero-order valence-electron chi connectivity index (χ0n) is 16.6. The Balaban J connectivity index is 1.56. The molecule has 3 aromatic carbocycles. The molecule has 0 spiro atoms. The number of amides is 1. The molecule has 150 valence electrons. The van der Waals surface area contributed by atoms with E-state index in [1.165, 1.54) is 10.6 Å². The minimum Gasteiger partial charge on any atom is -0.493 e. The van der Waals surface area contributed by atoms with Crippen LogP contribution in [0.25, 0.3) is 10.9 Å². The maximum atomic E-state index is 12.8. The van der Waals surface area contributed by atoms with Crippen LogP contribution < -0.4 is 20.3 Å². The maximum Gasteiger partial charge on any atom is 0.256 e. The molecule has 1 heterocycles. The van der Waals surface area contributed by atoms with E-state index in [9.17, 15) is 9.59 Å². The third kappa shape index (κ3) is 3.75. The van der Waals surface area contributed by atoms with Gasteiger partial charge in [0.25, 0.3) is 11.5 Å². The lowest BCUT2D eigenvalue weighted by atomic mass is 10.1. The van der Waals surface area contributed by atoms with Crippen LogP contribution in [0.4, 0.5) is 5.69 Å². The molecule has 4 aromatic rings. The highest BCUT2D eigenvalue weighted by molar-refractivity contribution is 6.12. The molecule has 0 aliphatic carbocycles. The number of carbonyl (C=O) groups excluding carboxylic acids is 1. The molecule has 0 aliphatic heterocycles. The zero-order chi connectivity index (χ0) is 21.1. The summed E-state index contributed by atoms with van der Waals surface area (Å²) in [5, 5.41) is 3.56. The lowest BCUT2D eigenvalue weighted by molar-refractivity contribution is 0.102. The SMILES string of the molecule is COc1ccccc1Oc1ccc(NC(=O)c2cc(=O)n(C)c3ccccc23)cc1. The number of nitrogens with zero attached hydrogens (tertiary/aromatic N) is 1. The molecule has 0 bridgehead atoms. The van der Waals surface area contributed by atoms with Gasteiger partial charge in [-0.3, -0.25) is 9.59 Å². The molecule has 0 atom stereocenters.